The molecule has 1 aromatic heterocycles. The molecule has 37 heavy (non-hydrogen) atoms. The van der Waals surface area contributed by atoms with Crippen LogP contribution in [0.2, 0.25) is 5.02 Å². The highest BCUT2D eigenvalue weighted by Gasteiger charge is 2.27. The number of thiophene rings is 1. The van der Waals surface area contributed by atoms with Crippen LogP contribution in [0, 0.1) is 0 Å². The molecule has 0 aliphatic heterocycles. The molecule has 10 heteroatoms. The third-order valence-corrected chi connectivity index (χ3v) is 6.90. The lowest BCUT2D eigenvalue weighted by Crippen LogP contribution is -2.15. The first-order valence-corrected chi connectivity index (χ1v) is 12.2. The normalized spacial score (nSPS) is 10.5. The zero-order valence-corrected chi connectivity index (χ0v) is 21.8. The average molecular weight is 538 g/mol. The number of carbonyl (C=O) groups is 2. The number of methoxy groups -OCH3 is 3. The van der Waals surface area contributed by atoms with E-state index in [1.165, 1.54) is 14.2 Å². The van der Waals surface area contributed by atoms with Gasteiger partial charge in [0.1, 0.15) is 27.1 Å². The average Bonchev–Trinajstić information content (AvgIpc) is 3.24. The summed E-state index contributed by atoms with van der Waals surface area (Å²) in [5, 5.41) is 6.71. The second-order valence-electron chi connectivity index (χ2n) is 7.74. The summed E-state index contributed by atoms with van der Waals surface area (Å²) in [4.78, 5) is 27.0. The standard InChI is InChI=1S/C27H24ClN3O5S/c1-34-17-10-11-19(21(14-17)36-3)31-27-22(26(33)30-16-9-12-20(35-2)18(28)13-16)23(29)25(37-27)24(32)15-7-5-4-6-8-15/h4-14,31H,29H2,1-3H3,(H,30,33). The van der Waals surface area contributed by atoms with Gasteiger partial charge in [-0.3, -0.25) is 9.59 Å². The van der Waals surface area contributed by atoms with Gasteiger partial charge in [0.25, 0.3) is 5.91 Å². The van der Waals surface area contributed by atoms with Crippen molar-refractivity contribution >= 4 is 56.7 Å². The van der Waals surface area contributed by atoms with Crippen LogP contribution in [0.3, 0.4) is 0 Å². The zero-order chi connectivity index (χ0) is 26.5. The molecule has 0 unspecified atom stereocenters. The Morgan fingerprint density at radius 2 is 1.62 bits per heavy atom. The molecule has 0 saturated carbocycles. The second kappa shape index (κ2) is 11.2. The van der Waals surface area contributed by atoms with E-state index >= 15 is 0 Å². The molecular weight excluding hydrogens is 514 g/mol. The van der Waals surface area contributed by atoms with Crippen molar-refractivity contribution in [2.45, 2.75) is 0 Å². The maximum atomic E-state index is 13.5. The number of anilines is 4. The zero-order valence-electron chi connectivity index (χ0n) is 20.3. The van der Waals surface area contributed by atoms with Crippen LogP contribution < -0.4 is 30.6 Å². The minimum atomic E-state index is -0.517. The van der Waals surface area contributed by atoms with E-state index in [4.69, 9.17) is 31.5 Å². The van der Waals surface area contributed by atoms with Crippen molar-refractivity contribution in [3.63, 3.8) is 0 Å². The molecule has 4 aromatic rings. The Morgan fingerprint density at radius 1 is 0.892 bits per heavy atom. The molecule has 1 amide bonds. The van der Waals surface area contributed by atoms with Crippen molar-refractivity contribution in [3.8, 4) is 17.2 Å². The molecule has 0 aliphatic rings. The van der Waals surface area contributed by atoms with Crippen molar-refractivity contribution in [1.29, 1.82) is 0 Å². The van der Waals surface area contributed by atoms with Gasteiger partial charge in [-0.05, 0) is 30.3 Å². The van der Waals surface area contributed by atoms with Gasteiger partial charge in [-0.1, -0.05) is 41.9 Å². The quantitative estimate of drug-likeness (QED) is 0.217. The molecule has 0 spiro atoms. The fourth-order valence-electron chi connectivity index (χ4n) is 3.61. The van der Waals surface area contributed by atoms with E-state index in [0.717, 1.165) is 11.3 Å². The van der Waals surface area contributed by atoms with E-state index in [0.29, 0.717) is 44.2 Å². The summed E-state index contributed by atoms with van der Waals surface area (Å²) in [5.41, 5.74) is 8.07. The van der Waals surface area contributed by atoms with Gasteiger partial charge in [-0.25, -0.2) is 0 Å². The van der Waals surface area contributed by atoms with Gasteiger partial charge >= 0.3 is 0 Å². The van der Waals surface area contributed by atoms with Gasteiger partial charge < -0.3 is 30.6 Å². The smallest absolute Gasteiger partial charge is 0.260 e. The number of benzene rings is 3. The van der Waals surface area contributed by atoms with Crippen molar-refractivity contribution < 1.29 is 23.8 Å². The number of carbonyl (C=O) groups excluding carboxylic acids is 2. The van der Waals surface area contributed by atoms with E-state index in [2.05, 4.69) is 10.6 Å². The molecule has 0 aliphatic carbocycles. The van der Waals surface area contributed by atoms with Crippen LogP contribution in [-0.4, -0.2) is 33.0 Å². The number of ether oxygens (including phenoxy) is 3. The van der Waals surface area contributed by atoms with E-state index in [1.54, 1.807) is 67.8 Å². The Balaban J connectivity index is 1.76. The Bertz CT molecular complexity index is 1460. The molecule has 4 rings (SSSR count). The number of hydrogen-bond donors (Lipinski definition) is 3. The summed E-state index contributed by atoms with van der Waals surface area (Å²) >= 11 is 7.30. The lowest BCUT2D eigenvalue weighted by atomic mass is 10.1. The predicted octanol–water partition coefficient (Wildman–Crippen LogP) is 6.24. The van der Waals surface area contributed by atoms with Crippen LogP contribution in [0.5, 0.6) is 17.2 Å². The number of rotatable bonds is 9. The van der Waals surface area contributed by atoms with Crippen LogP contribution in [0.15, 0.2) is 66.7 Å². The lowest BCUT2D eigenvalue weighted by molar-refractivity contribution is 0.102. The highest BCUT2D eigenvalue weighted by molar-refractivity contribution is 7.19. The van der Waals surface area contributed by atoms with E-state index in [1.807, 2.05) is 6.07 Å². The van der Waals surface area contributed by atoms with E-state index in [9.17, 15) is 9.59 Å². The van der Waals surface area contributed by atoms with E-state index < -0.39 is 5.91 Å². The van der Waals surface area contributed by atoms with Crippen LogP contribution >= 0.6 is 22.9 Å². The minimum Gasteiger partial charge on any atom is -0.497 e. The first kappa shape index (κ1) is 25.9. The first-order valence-electron chi connectivity index (χ1n) is 11.0. The van der Waals surface area contributed by atoms with Crippen LogP contribution in [0.4, 0.5) is 22.1 Å². The minimum absolute atomic E-state index is 0.0611. The maximum Gasteiger partial charge on any atom is 0.260 e. The van der Waals surface area contributed by atoms with Gasteiger partial charge in [0.05, 0.1) is 43.3 Å². The summed E-state index contributed by atoms with van der Waals surface area (Å²) in [6.07, 6.45) is 0. The Hall–Kier alpha value is -4.21. The van der Waals surface area contributed by atoms with Crippen molar-refractivity contribution in [2.75, 3.05) is 37.7 Å². The third-order valence-electron chi connectivity index (χ3n) is 5.48. The Labute approximate surface area is 222 Å². The molecule has 8 nitrogen and oxygen atoms in total. The summed E-state index contributed by atoms with van der Waals surface area (Å²) < 4.78 is 15.9. The number of nitrogens with two attached hydrogens (primary N) is 1. The lowest BCUT2D eigenvalue weighted by Gasteiger charge is -2.13. The maximum absolute atomic E-state index is 13.5. The Kier molecular flexibility index (Phi) is 7.86. The molecule has 0 fully saturated rings. The van der Waals surface area contributed by atoms with Crippen molar-refractivity contribution in [2.24, 2.45) is 0 Å². The molecular formula is C27H24ClN3O5S. The first-order chi connectivity index (χ1) is 17.9. The van der Waals surface area contributed by atoms with Gasteiger partial charge in [0, 0.05) is 17.3 Å². The fourth-order valence-corrected chi connectivity index (χ4v) is 4.96. The van der Waals surface area contributed by atoms with Gasteiger partial charge in [0.2, 0.25) is 5.78 Å². The summed E-state index contributed by atoms with van der Waals surface area (Å²) in [6, 6.07) is 18.8. The highest BCUT2D eigenvalue weighted by Crippen LogP contribution is 2.41. The predicted molar refractivity (Wildman–Crippen MR) is 147 cm³/mol. The number of hydrogen-bond acceptors (Lipinski definition) is 8. The summed E-state index contributed by atoms with van der Waals surface area (Å²) in [7, 11) is 4.58. The fraction of sp³-hybridized carbons (Fsp3) is 0.111. The van der Waals surface area contributed by atoms with Crippen molar-refractivity contribution in [3.05, 3.63) is 87.8 Å². The molecule has 4 N–H and O–H groups in total. The number of nitrogens with one attached hydrogen (secondary N) is 2. The molecule has 3 aromatic carbocycles. The summed E-state index contributed by atoms with van der Waals surface area (Å²) in [5.74, 6) is 0.744. The van der Waals surface area contributed by atoms with Gasteiger partial charge in [-0.15, -0.1) is 11.3 Å². The number of halogens is 1. The van der Waals surface area contributed by atoms with Gasteiger partial charge in [0.15, 0.2) is 0 Å². The second-order valence-corrected chi connectivity index (χ2v) is 9.17. The molecule has 0 bridgehead atoms. The summed E-state index contributed by atoms with van der Waals surface area (Å²) in [6.45, 7) is 0. The largest absolute Gasteiger partial charge is 0.497 e. The topological polar surface area (TPSA) is 112 Å². The number of amides is 1. The van der Waals surface area contributed by atoms with Gasteiger partial charge in [-0.2, -0.15) is 0 Å². The van der Waals surface area contributed by atoms with E-state index in [-0.39, 0.29) is 21.9 Å². The Morgan fingerprint density at radius 3 is 2.27 bits per heavy atom. The third kappa shape index (κ3) is 5.47. The van der Waals surface area contributed by atoms with Crippen LogP contribution in [0.1, 0.15) is 25.6 Å². The molecule has 0 radical (unpaired) electrons. The molecule has 0 saturated heterocycles. The van der Waals surface area contributed by atoms with Crippen LogP contribution in [0.25, 0.3) is 0 Å². The number of nitrogen functional groups attached to an aromatic ring is 1. The molecule has 1 heterocycles. The number of ketones is 1. The molecule has 190 valence electrons. The SMILES string of the molecule is COc1ccc(Nc2sc(C(=O)c3ccccc3)c(N)c2C(=O)Nc2ccc(OC)c(Cl)c2)c(OC)c1. The monoisotopic (exact) mass is 537 g/mol. The van der Waals surface area contributed by atoms with Crippen LogP contribution in [-0.2, 0) is 0 Å². The highest BCUT2D eigenvalue weighted by atomic mass is 35.5. The molecule has 0 atom stereocenters. The van der Waals surface area contributed by atoms with Crippen molar-refractivity contribution in [1.82, 2.24) is 0 Å².